The fraction of sp³-hybridized carbons (Fsp3) is 0.385. The largest absolute Gasteiger partial charge is 0.419 e. The van der Waals surface area contributed by atoms with Crippen molar-refractivity contribution < 1.29 is 31.5 Å². The molecule has 4 rings (SSSR count). The predicted molar refractivity (Wildman–Crippen MR) is 137 cm³/mol. The van der Waals surface area contributed by atoms with Crippen LogP contribution in [0, 0.1) is 0 Å². The molecule has 0 aliphatic carbocycles. The molecule has 3 aromatic rings. The first kappa shape index (κ1) is 28.4. The topological polar surface area (TPSA) is 125 Å². The van der Waals surface area contributed by atoms with E-state index in [1.54, 1.807) is 17.0 Å². The number of rotatable bonds is 8. The van der Waals surface area contributed by atoms with Gasteiger partial charge in [0, 0.05) is 43.2 Å². The van der Waals surface area contributed by atoms with Crippen LogP contribution in [0.5, 0.6) is 0 Å². The van der Waals surface area contributed by atoms with Gasteiger partial charge in [-0.15, -0.1) is 0 Å². The number of hydrogen-bond acceptors (Lipinski definition) is 8. The second kappa shape index (κ2) is 11.3. The summed E-state index contributed by atoms with van der Waals surface area (Å²) in [5, 5.41) is 12.6. The summed E-state index contributed by atoms with van der Waals surface area (Å²) in [7, 11) is -3.44. The standard InChI is InChI=1S/C26H28F3N5O4S/c1-3-16-13-34(25-31-10-19(11-32-25)26(27,28)29)14-18-9-17(5-7-21(16)18)24(36)33-23(15-35)22-8-6-20(12-30-22)39(37,38)4-2/h5-12,16,23,35H,3-4,13-15H2,1-2H3,(H,33,36)/t16-,23-/m0/s1. The van der Waals surface area contributed by atoms with Crippen LogP contribution in [0.15, 0.2) is 53.8 Å². The first-order valence-corrected chi connectivity index (χ1v) is 14.0. The summed E-state index contributed by atoms with van der Waals surface area (Å²) >= 11 is 0. The third kappa shape index (κ3) is 6.19. The monoisotopic (exact) mass is 563 g/mol. The van der Waals surface area contributed by atoms with Gasteiger partial charge in [0.15, 0.2) is 9.84 Å². The highest BCUT2D eigenvalue weighted by Gasteiger charge is 2.32. The van der Waals surface area contributed by atoms with Crippen LogP contribution in [0.3, 0.4) is 0 Å². The second-order valence-electron chi connectivity index (χ2n) is 9.20. The van der Waals surface area contributed by atoms with Crippen molar-refractivity contribution in [3.8, 4) is 0 Å². The third-order valence-electron chi connectivity index (χ3n) is 6.73. The molecular weight excluding hydrogens is 535 g/mol. The van der Waals surface area contributed by atoms with E-state index < -0.39 is 40.1 Å². The van der Waals surface area contributed by atoms with Gasteiger partial charge in [0.1, 0.15) is 0 Å². The van der Waals surface area contributed by atoms with Crippen molar-refractivity contribution in [2.45, 2.75) is 49.8 Å². The van der Waals surface area contributed by atoms with Gasteiger partial charge in [-0.1, -0.05) is 19.9 Å². The summed E-state index contributed by atoms with van der Waals surface area (Å²) in [5.74, 6) is -0.320. The molecule has 2 N–H and O–H groups in total. The number of nitrogens with zero attached hydrogens (tertiary/aromatic N) is 4. The highest BCUT2D eigenvalue weighted by atomic mass is 32.2. The third-order valence-corrected chi connectivity index (χ3v) is 8.45. The quantitative estimate of drug-likeness (QED) is 0.426. The minimum Gasteiger partial charge on any atom is -0.394 e. The minimum absolute atomic E-state index is 0.0542. The van der Waals surface area contributed by atoms with Crippen molar-refractivity contribution in [3.05, 3.63) is 76.9 Å². The number of amides is 1. The van der Waals surface area contributed by atoms with Gasteiger partial charge in [-0.3, -0.25) is 9.78 Å². The van der Waals surface area contributed by atoms with Crippen LogP contribution in [0.25, 0.3) is 0 Å². The van der Waals surface area contributed by atoms with Gasteiger partial charge in [-0.2, -0.15) is 13.2 Å². The van der Waals surface area contributed by atoms with Gasteiger partial charge < -0.3 is 15.3 Å². The Morgan fingerprint density at radius 1 is 1.13 bits per heavy atom. The van der Waals surface area contributed by atoms with E-state index in [-0.39, 0.29) is 22.5 Å². The number of pyridine rings is 1. The molecule has 1 aromatic carbocycles. The van der Waals surface area contributed by atoms with Crippen LogP contribution in [-0.4, -0.2) is 53.3 Å². The zero-order valence-corrected chi connectivity index (χ0v) is 22.1. The molecule has 1 aliphatic rings. The summed E-state index contributed by atoms with van der Waals surface area (Å²) < 4.78 is 62.8. The zero-order valence-electron chi connectivity index (χ0n) is 21.3. The molecule has 9 nitrogen and oxygen atoms in total. The summed E-state index contributed by atoms with van der Waals surface area (Å²) in [4.78, 5) is 26.9. The van der Waals surface area contributed by atoms with Crippen molar-refractivity contribution in [2.75, 3.05) is 23.8 Å². The van der Waals surface area contributed by atoms with E-state index in [9.17, 15) is 31.5 Å². The maximum Gasteiger partial charge on any atom is 0.419 e. The molecule has 0 spiro atoms. The Bertz CT molecular complexity index is 1430. The number of fused-ring (bicyclic) bond motifs is 1. The number of hydrogen-bond donors (Lipinski definition) is 2. The molecule has 0 saturated heterocycles. The molecule has 0 fully saturated rings. The van der Waals surface area contributed by atoms with Gasteiger partial charge in [0.05, 0.1) is 34.6 Å². The summed E-state index contributed by atoms with van der Waals surface area (Å²) in [6.45, 7) is 3.89. The number of anilines is 1. The first-order valence-electron chi connectivity index (χ1n) is 12.3. The van der Waals surface area contributed by atoms with Crippen LogP contribution in [0.4, 0.5) is 19.1 Å². The predicted octanol–water partition coefficient (Wildman–Crippen LogP) is 3.66. The molecule has 0 radical (unpaired) electrons. The number of nitrogens with one attached hydrogen (secondary N) is 1. The van der Waals surface area contributed by atoms with Crippen molar-refractivity contribution in [1.29, 1.82) is 0 Å². The minimum atomic E-state index is -4.53. The molecule has 0 saturated carbocycles. The van der Waals surface area contributed by atoms with E-state index in [0.29, 0.717) is 24.3 Å². The molecule has 1 amide bonds. The number of carbonyl (C=O) groups is 1. The van der Waals surface area contributed by atoms with Gasteiger partial charge in [0.2, 0.25) is 5.95 Å². The van der Waals surface area contributed by atoms with E-state index in [2.05, 4.69) is 20.3 Å². The number of alkyl halides is 3. The molecule has 208 valence electrons. The lowest BCUT2D eigenvalue weighted by Crippen LogP contribution is -2.35. The first-order chi connectivity index (χ1) is 18.5. The fourth-order valence-corrected chi connectivity index (χ4v) is 5.27. The van der Waals surface area contributed by atoms with Crippen molar-refractivity contribution in [2.24, 2.45) is 0 Å². The number of halogens is 3. The Morgan fingerprint density at radius 2 is 1.85 bits per heavy atom. The lowest BCUT2D eigenvalue weighted by molar-refractivity contribution is -0.138. The van der Waals surface area contributed by atoms with Crippen molar-refractivity contribution in [1.82, 2.24) is 20.3 Å². The Balaban J connectivity index is 1.54. The van der Waals surface area contributed by atoms with Crippen LogP contribution < -0.4 is 10.2 Å². The molecule has 39 heavy (non-hydrogen) atoms. The number of benzene rings is 1. The van der Waals surface area contributed by atoms with Crippen LogP contribution in [0.2, 0.25) is 0 Å². The van der Waals surface area contributed by atoms with Gasteiger partial charge in [-0.05, 0) is 41.8 Å². The number of sulfone groups is 1. The molecule has 0 bridgehead atoms. The lowest BCUT2D eigenvalue weighted by Gasteiger charge is -2.34. The van der Waals surface area contributed by atoms with Crippen LogP contribution >= 0.6 is 0 Å². The molecule has 13 heteroatoms. The van der Waals surface area contributed by atoms with E-state index in [4.69, 9.17) is 0 Å². The number of aliphatic hydroxyl groups excluding tert-OH is 1. The molecule has 1 aliphatic heterocycles. The van der Waals surface area contributed by atoms with E-state index >= 15 is 0 Å². The summed E-state index contributed by atoms with van der Waals surface area (Å²) in [5.41, 5.74) is 1.55. The number of aromatic nitrogens is 3. The van der Waals surface area contributed by atoms with Gasteiger partial charge in [0.25, 0.3) is 5.91 Å². The van der Waals surface area contributed by atoms with E-state index in [0.717, 1.165) is 29.9 Å². The van der Waals surface area contributed by atoms with Gasteiger partial charge in [-0.25, -0.2) is 18.4 Å². The van der Waals surface area contributed by atoms with E-state index in [1.165, 1.54) is 25.3 Å². The van der Waals surface area contributed by atoms with Crippen molar-refractivity contribution >= 4 is 21.7 Å². The number of carbonyl (C=O) groups excluding carboxylic acids is 1. The molecule has 2 aromatic heterocycles. The summed E-state index contributed by atoms with van der Waals surface area (Å²) in [6.07, 6.45) is -1.05. The zero-order chi connectivity index (χ0) is 28.4. The fourth-order valence-electron chi connectivity index (χ4n) is 4.45. The number of aliphatic hydroxyl groups is 1. The highest BCUT2D eigenvalue weighted by molar-refractivity contribution is 7.91. The van der Waals surface area contributed by atoms with Gasteiger partial charge >= 0.3 is 6.18 Å². The molecule has 2 atom stereocenters. The SMILES string of the molecule is CC[C@H]1CN(c2ncc(C(F)(F)F)cn2)Cc2cc(C(=O)N[C@@H](CO)c3ccc(S(=O)(=O)CC)cn3)ccc21. The highest BCUT2D eigenvalue weighted by Crippen LogP contribution is 2.34. The maximum absolute atomic E-state index is 13.1. The van der Waals surface area contributed by atoms with Crippen molar-refractivity contribution in [3.63, 3.8) is 0 Å². The van der Waals surface area contributed by atoms with E-state index in [1.807, 2.05) is 13.0 Å². The average Bonchev–Trinajstić information content (AvgIpc) is 2.94. The molecule has 0 unspecified atom stereocenters. The Kier molecular flexibility index (Phi) is 8.21. The average molecular weight is 564 g/mol. The molecular formula is C26H28F3N5O4S. The summed E-state index contributed by atoms with van der Waals surface area (Å²) in [6, 6.07) is 7.22. The second-order valence-corrected chi connectivity index (χ2v) is 11.5. The molecule has 3 heterocycles. The Morgan fingerprint density at radius 3 is 2.41 bits per heavy atom. The van der Waals surface area contributed by atoms with Crippen LogP contribution in [-0.2, 0) is 22.6 Å². The lowest BCUT2D eigenvalue weighted by atomic mass is 9.87. The normalized spacial score (nSPS) is 16.5. The Hall–Kier alpha value is -3.58. The Labute approximate surface area is 224 Å². The van der Waals surface area contributed by atoms with Crippen LogP contribution in [0.1, 0.15) is 65.0 Å². The maximum atomic E-state index is 13.1. The smallest absolute Gasteiger partial charge is 0.394 e.